The van der Waals surface area contributed by atoms with Crippen molar-refractivity contribution in [1.82, 2.24) is 9.38 Å². The molecule has 0 saturated heterocycles. The fraction of sp³-hybridized carbons (Fsp3) is 0.125. The average molecular weight is 283 g/mol. The third-order valence-electron chi connectivity index (χ3n) is 3.16. The second-order valence-electron chi connectivity index (χ2n) is 4.91. The van der Waals surface area contributed by atoms with Gasteiger partial charge in [-0.05, 0) is 36.8 Å². The third kappa shape index (κ3) is 2.91. The van der Waals surface area contributed by atoms with Crippen molar-refractivity contribution >= 4 is 17.2 Å². The van der Waals surface area contributed by atoms with Gasteiger partial charge in [0.05, 0.1) is 17.8 Å². The van der Waals surface area contributed by atoms with Gasteiger partial charge in [0, 0.05) is 12.4 Å². The molecule has 106 valence electrons. The molecule has 0 radical (unpaired) electrons. The number of imidazole rings is 1. The number of benzene rings is 1. The van der Waals surface area contributed by atoms with Crippen LogP contribution in [0, 0.1) is 12.7 Å². The molecule has 0 spiro atoms. The Kier molecular flexibility index (Phi) is 3.39. The van der Waals surface area contributed by atoms with Crippen LogP contribution in [0.5, 0.6) is 0 Å². The van der Waals surface area contributed by atoms with Gasteiger partial charge in [-0.3, -0.25) is 4.79 Å². The maximum atomic E-state index is 13.5. The average Bonchev–Trinajstić information content (AvgIpc) is 2.82. The Morgan fingerprint density at radius 1 is 1.33 bits per heavy atom. The van der Waals surface area contributed by atoms with E-state index in [-0.39, 0.29) is 18.0 Å². The number of nitrogens with one attached hydrogen (secondary N) is 1. The Bertz CT molecular complexity index is 810. The van der Waals surface area contributed by atoms with E-state index in [9.17, 15) is 9.18 Å². The zero-order valence-corrected chi connectivity index (χ0v) is 11.5. The molecule has 0 aliphatic rings. The highest BCUT2D eigenvalue weighted by Crippen LogP contribution is 2.13. The van der Waals surface area contributed by atoms with Crippen molar-refractivity contribution in [2.75, 3.05) is 5.32 Å². The number of aromatic nitrogens is 2. The zero-order chi connectivity index (χ0) is 14.8. The fourth-order valence-electron chi connectivity index (χ4n) is 2.14. The Morgan fingerprint density at radius 2 is 2.14 bits per heavy atom. The second-order valence-corrected chi connectivity index (χ2v) is 4.91. The molecule has 0 saturated carbocycles. The van der Waals surface area contributed by atoms with Crippen LogP contribution in [-0.2, 0) is 11.2 Å². The SMILES string of the molecule is Cc1ccn2cc(CC(=O)Nc3ccccc3F)nc2c1. The van der Waals surface area contributed by atoms with Crippen LogP contribution in [0.25, 0.3) is 5.65 Å². The maximum absolute atomic E-state index is 13.5. The molecule has 1 amide bonds. The zero-order valence-electron chi connectivity index (χ0n) is 11.5. The molecule has 2 aromatic heterocycles. The topological polar surface area (TPSA) is 46.4 Å². The standard InChI is InChI=1S/C16H14FN3O/c1-11-6-7-20-10-12(18-15(20)8-11)9-16(21)19-14-5-3-2-4-13(14)17/h2-8,10H,9H2,1H3,(H,19,21). The van der Waals surface area contributed by atoms with Gasteiger partial charge in [0.15, 0.2) is 0 Å². The highest BCUT2D eigenvalue weighted by Gasteiger charge is 2.10. The molecule has 3 rings (SSSR count). The van der Waals surface area contributed by atoms with Crippen molar-refractivity contribution in [3.8, 4) is 0 Å². The maximum Gasteiger partial charge on any atom is 0.230 e. The first-order chi connectivity index (χ1) is 10.1. The lowest BCUT2D eigenvalue weighted by atomic mass is 10.2. The van der Waals surface area contributed by atoms with Crippen molar-refractivity contribution < 1.29 is 9.18 Å². The predicted octanol–water partition coefficient (Wildman–Crippen LogP) is 2.96. The summed E-state index contributed by atoms with van der Waals surface area (Å²) >= 11 is 0. The van der Waals surface area contributed by atoms with Crippen molar-refractivity contribution in [2.24, 2.45) is 0 Å². The quantitative estimate of drug-likeness (QED) is 0.803. The number of rotatable bonds is 3. The van der Waals surface area contributed by atoms with E-state index in [1.807, 2.05) is 29.7 Å². The van der Waals surface area contributed by atoms with Gasteiger partial charge in [0.1, 0.15) is 11.5 Å². The monoisotopic (exact) mass is 283 g/mol. The van der Waals surface area contributed by atoms with Gasteiger partial charge in [0.25, 0.3) is 0 Å². The Hall–Kier alpha value is -2.69. The number of anilines is 1. The number of fused-ring (bicyclic) bond motifs is 1. The van der Waals surface area contributed by atoms with Gasteiger partial charge in [-0.15, -0.1) is 0 Å². The molecule has 0 aliphatic heterocycles. The van der Waals surface area contributed by atoms with Crippen molar-refractivity contribution in [3.05, 3.63) is 65.9 Å². The molecule has 2 heterocycles. The lowest BCUT2D eigenvalue weighted by Crippen LogP contribution is -2.15. The lowest BCUT2D eigenvalue weighted by Gasteiger charge is -2.04. The van der Waals surface area contributed by atoms with Gasteiger partial charge in [-0.25, -0.2) is 9.37 Å². The van der Waals surface area contributed by atoms with Gasteiger partial charge in [0.2, 0.25) is 5.91 Å². The highest BCUT2D eigenvalue weighted by atomic mass is 19.1. The van der Waals surface area contributed by atoms with Crippen LogP contribution in [-0.4, -0.2) is 15.3 Å². The number of hydrogen-bond donors (Lipinski definition) is 1. The first-order valence-electron chi connectivity index (χ1n) is 6.60. The first-order valence-corrected chi connectivity index (χ1v) is 6.60. The molecule has 3 aromatic rings. The first kappa shape index (κ1) is 13.3. The molecule has 0 aliphatic carbocycles. The summed E-state index contributed by atoms with van der Waals surface area (Å²) in [6.07, 6.45) is 3.81. The molecule has 0 bridgehead atoms. The summed E-state index contributed by atoms with van der Waals surface area (Å²) in [6, 6.07) is 10.0. The fourth-order valence-corrected chi connectivity index (χ4v) is 2.14. The Labute approximate surface area is 121 Å². The Morgan fingerprint density at radius 3 is 2.95 bits per heavy atom. The molecular formula is C16H14FN3O. The van der Waals surface area contributed by atoms with Crippen LogP contribution in [0.2, 0.25) is 0 Å². The molecule has 1 aromatic carbocycles. The molecule has 0 fully saturated rings. The Balaban J connectivity index is 1.75. The van der Waals surface area contributed by atoms with E-state index in [4.69, 9.17) is 0 Å². The number of pyridine rings is 1. The van der Waals surface area contributed by atoms with Crippen molar-refractivity contribution in [3.63, 3.8) is 0 Å². The summed E-state index contributed by atoms with van der Waals surface area (Å²) in [5.41, 5.74) is 2.73. The number of aryl methyl sites for hydroxylation is 1. The van der Waals surface area contributed by atoms with Gasteiger partial charge in [-0.2, -0.15) is 0 Å². The lowest BCUT2D eigenvalue weighted by molar-refractivity contribution is -0.115. The normalized spacial score (nSPS) is 10.8. The molecule has 1 N–H and O–H groups in total. The summed E-state index contributed by atoms with van der Waals surface area (Å²) in [4.78, 5) is 16.3. The molecular weight excluding hydrogens is 269 g/mol. The number of carbonyl (C=O) groups is 1. The van der Waals surface area contributed by atoms with Crippen LogP contribution in [0.4, 0.5) is 10.1 Å². The molecule has 0 atom stereocenters. The van der Waals surface area contributed by atoms with Crippen LogP contribution in [0.15, 0.2) is 48.8 Å². The minimum absolute atomic E-state index is 0.106. The van der Waals surface area contributed by atoms with Gasteiger partial charge < -0.3 is 9.72 Å². The molecule has 4 nitrogen and oxygen atoms in total. The van der Waals surface area contributed by atoms with E-state index < -0.39 is 5.82 Å². The minimum Gasteiger partial charge on any atom is -0.323 e. The number of carbonyl (C=O) groups excluding carboxylic acids is 1. The van der Waals surface area contributed by atoms with Crippen molar-refractivity contribution in [1.29, 1.82) is 0 Å². The molecule has 0 unspecified atom stereocenters. The number of para-hydroxylation sites is 1. The minimum atomic E-state index is -0.448. The van der Waals surface area contributed by atoms with E-state index in [1.54, 1.807) is 18.3 Å². The molecule has 21 heavy (non-hydrogen) atoms. The van der Waals surface area contributed by atoms with Gasteiger partial charge in [-0.1, -0.05) is 12.1 Å². The summed E-state index contributed by atoms with van der Waals surface area (Å²) < 4.78 is 15.3. The van der Waals surface area contributed by atoms with Crippen molar-refractivity contribution in [2.45, 2.75) is 13.3 Å². The summed E-state index contributed by atoms with van der Waals surface area (Å²) in [6.45, 7) is 1.99. The van der Waals surface area contributed by atoms with Crippen LogP contribution in [0.3, 0.4) is 0 Å². The number of halogens is 1. The van der Waals surface area contributed by atoms with Crippen LogP contribution < -0.4 is 5.32 Å². The smallest absolute Gasteiger partial charge is 0.230 e. The number of amides is 1. The summed E-state index contributed by atoms with van der Waals surface area (Å²) in [5.74, 6) is -0.739. The van der Waals surface area contributed by atoms with E-state index in [0.29, 0.717) is 5.69 Å². The van der Waals surface area contributed by atoms with E-state index in [1.165, 1.54) is 12.1 Å². The molecule has 5 heteroatoms. The summed E-state index contributed by atoms with van der Waals surface area (Å²) in [7, 11) is 0. The number of hydrogen-bond acceptors (Lipinski definition) is 2. The van der Waals surface area contributed by atoms with Crippen LogP contribution >= 0.6 is 0 Å². The van der Waals surface area contributed by atoms with Gasteiger partial charge >= 0.3 is 0 Å². The summed E-state index contributed by atoms with van der Waals surface area (Å²) in [5, 5.41) is 2.55. The van der Waals surface area contributed by atoms with E-state index >= 15 is 0 Å². The third-order valence-corrected chi connectivity index (χ3v) is 3.16. The number of nitrogens with zero attached hydrogens (tertiary/aromatic N) is 2. The largest absolute Gasteiger partial charge is 0.323 e. The van der Waals surface area contributed by atoms with E-state index in [2.05, 4.69) is 10.3 Å². The highest BCUT2D eigenvalue weighted by molar-refractivity contribution is 5.92. The second kappa shape index (κ2) is 5.36. The predicted molar refractivity (Wildman–Crippen MR) is 78.7 cm³/mol. The van der Waals surface area contributed by atoms with Crippen LogP contribution in [0.1, 0.15) is 11.3 Å². The van der Waals surface area contributed by atoms with E-state index in [0.717, 1.165) is 11.2 Å².